The van der Waals surface area contributed by atoms with Gasteiger partial charge in [0.15, 0.2) is 52.4 Å². The quantitative estimate of drug-likeness (QED) is 0.108. The van der Waals surface area contributed by atoms with Crippen LogP contribution in [-0.4, -0.2) is 44.9 Å². The highest BCUT2D eigenvalue weighted by molar-refractivity contribution is 6.20. The van der Waals surface area contributed by atoms with Crippen molar-refractivity contribution in [1.29, 1.82) is 0 Å². The summed E-state index contributed by atoms with van der Waals surface area (Å²) in [4.78, 5) is 47.1. The van der Waals surface area contributed by atoms with Crippen LogP contribution < -0.4 is 0 Å². The minimum atomic E-state index is 0.592. The van der Waals surface area contributed by atoms with E-state index in [0.717, 1.165) is 236 Å². The summed E-state index contributed by atoms with van der Waals surface area (Å²) in [6, 6.07) is 175. The normalized spacial score (nSPS) is 11.6. The molecule has 12 nitrogen and oxygen atoms in total. The minimum Gasteiger partial charge on any atom is -0.456 e. The number of nitrogens with zero attached hydrogens (tertiary/aromatic N) is 9. The van der Waals surface area contributed by atoms with Crippen molar-refractivity contribution in [3.05, 3.63) is 504 Å². The Kier molecular flexibility index (Phi) is 21.3. The molecule has 0 aliphatic heterocycles. The SMILES string of the molecule is c1ccc(-c2cc(-c3nc(-c4ccc5ccccc5c4)nc(-c4cccc5ccccc45)n3)c3c(c2)oc2cc4ccccc4cc23)cc1.c1ccc(-c2cc(-c3nc(-c4cccc5ccccc45)nc(-c4cccc5ccccc45)n3)c3c(c2)oc2cc4ccccc4cc23)cc1.c1ccc(-c2ccc(-c3nc(-c4ccc5ccccc5c4)nc(-c4cc(-c5ccccc5)cc5oc6cc7ccccc7cc6c45)n3)cc2)cc1. The molecule has 0 radical (unpaired) electrons. The Bertz CT molecular complexity index is 10500. The second-order valence-corrected chi connectivity index (χ2v) is 37.7. The molecule has 0 bridgehead atoms. The fraction of sp³-hybridized carbons (Fsp3) is 0. The van der Waals surface area contributed by atoms with Crippen molar-refractivity contribution < 1.29 is 13.3 Å². The molecule has 0 amide bonds. The van der Waals surface area contributed by atoms with Crippen LogP contribution in [0, 0.1) is 0 Å². The number of benzene rings is 24. The van der Waals surface area contributed by atoms with Gasteiger partial charge in [0.25, 0.3) is 0 Å². The van der Waals surface area contributed by atoms with E-state index in [1.54, 1.807) is 0 Å². The predicted octanol–water partition coefficient (Wildman–Crippen LogP) is 36.2. The van der Waals surface area contributed by atoms with E-state index in [-0.39, 0.29) is 0 Å². The van der Waals surface area contributed by atoms with Gasteiger partial charge in [-0.15, -0.1) is 0 Å². The molecule has 6 aromatic heterocycles. The van der Waals surface area contributed by atoms with Gasteiger partial charge in [0.05, 0.1) is 0 Å². The molecule has 149 heavy (non-hydrogen) atoms. The van der Waals surface area contributed by atoms with Gasteiger partial charge in [0.2, 0.25) is 0 Å². The molecule has 6 heterocycles. The summed E-state index contributed by atoms with van der Waals surface area (Å²) in [5.41, 5.74) is 21.9. The Morgan fingerprint density at radius 1 is 0.107 bits per heavy atom. The second kappa shape index (κ2) is 36.6. The summed E-state index contributed by atoms with van der Waals surface area (Å²) in [7, 11) is 0. The van der Waals surface area contributed by atoms with Crippen LogP contribution in [-0.2, 0) is 0 Å². The average Bonchev–Trinajstić information content (AvgIpc) is 1.58. The van der Waals surface area contributed by atoms with Crippen LogP contribution in [0.2, 0.25) is 0 Å². The summed E-state index contributed by atoms with van der Waals surface area (Å²) in [5.74, 6) is 5.51. The van der Waals surface area contributed by atoms with Crippen molar-refractivity contribution >= 4 is 152 Å². The van der Waals surface area contributed by atoms with Gasteiger partial charge in [-0.2, -0.15) is 0 Å². The monoisotopic (exact) mass is 1900 g/mol. The Hall–Kier alpha value is -20.2. The molecule has 0 saturated heterocycles. The molecule has 0 atom stereocenters. The molecule has 0 N–H and O–H groups in total. The van der Waals surface area contributed by atoms with Gasteiger partial charge < -0.3 is 13.3 Å². The highest BCUT2D eigenvalue weighted by Crippen LogP contribution is 2.48. The van der Waals surface area contributed by atoms with Crippen LogP contribution in [0.25, 0.3) is 299 Å². The number of hydrogen-bond donors (Lipinski definition) is 0. The number of rotatable bonds is 13. The minimum absolute atomic E-state index is 0.592. The lowest BCUT2D eigenvalue weighted by Gasteiger charge is -2.13. The predicted molar refractivity (Wildman–Crippen MR) is 612 cm³/mol. The lowest BCUT2D eigenvalue weighted by atomic mass is 9.97. The summed E-state index contributed by atoms with van der Waals surface area (Å²) >= 11 is 0. The van der Waals surface area contributed by atoms with E-state index in [2.05, 4.69) is 479 Å². The molecule has 0 fully saturated rings. The second-order valence-electron chi connectivity index (χ2n) is 37.7. The van der Waals surface area contributed by atoms with Crippen LogP contribution in [0.15, 0.2) is 517 Å². The van der Waals surface area contributed by atoms with Crippen LogP contribution in [0.5, 0.6) is 0 Å². The van der Waals surface area contributed by atoms with Gasteiger partial charge in [-0.1, -0.05) is 419 Å². The summed E-state index contributed by atoms with van der Waals surface area (Å²) in [5, 5.41) is 24.2. The first-order valence-corrected chi connectivity index (χ1v) is 50.0. The molecule has 30 aromatic rings. The van der Waals surface area contributed by atoms with E-state index in [4.69, 9.17) is 58.1 Å². The first-order valence-electron chi connectivity index (χ1n) is 50.0. The van der Waals surface area contributed by atoms with Crippen molar-refractivity contribution in [3.63, 3.8) is 0 Å². The maximum atomic E-state index is 6.66. The zero-order valence-electron chi connectivity index (χ0n) is 80.2. The van der Waals surface area contributed by atoms with Gasteiger partial charge in [-0.25, -0.2) is 44.9 Å². The van der Waals surface area contributed by atoms with E-state index in [9.17, 15) is 0 Å². The standard InChI is InChI=1S/C47H29N3O.2C45H27N3O/c1-3-11-30(12-4-1)33-19-22-34(23-20-33)45-48-46(38-24-21-32-15-7-8-16-35(32)25-38)50-47(49-45)41-27-39(31-13-5-2-6-14-31)29-43-44(41)40-26-36-17-9-10-18-37(36)28-42(40)51-43;1-2-12-28(13-3-1)33-25-39(42-38-24-31-16-4-5-17-32(31)26-40(38)49-41(42)27-33)45-47-43(36-22-10-18-29-14-6-8-20-34(29)36)46-44(48-45)37-23-11-19-30-15-7-9-21-35(30)37;1-2-11-28(12-3-1)35-25-39(42-38-24-32-16-6-7-17-33(32)26-40(38)49-41(42)27-35)45-47-43(34-22-21-29-13-4-5-15-31(29)23-34)46-44(48-45)37-20-10-18-30-14-8-9-19-36(30)37/h1-29H;2*1-27H. The molecule has 0 saturated carbocycles. The van der Waals surface area contributed by atoms with E-state index < -0.39 is 0 Å². The van der Waals surface area contributed by atoms with Crippen LogP contribution in [0.4, 0.5) is 0 Å². The Morgan fingerprint density at radius 2 is 0.322 bits per heavy atom. The van der Waals surface area contributed by atoms with Crippen molar-refractivity contribution in [1.82, 2.24) is 44.9 Å². The van der Waals surface area contributed by atoms with E-state index >= 15 is 0 Å². The van der Waals surface area contributed by atoms with Gasteiger partial charge in [-0.05, 0) is 216 Å². The summed E-state index contributed by atoms with van der Waals surface area (Å²) in [6.07, 6.45) is 0. The molecule has 12 heteroatoms. The topological polar surface area (TPSA) is 155 Å². The van der Waals surface area contributed by atoms with Crippen LogP contribution in [0.1, 0.15) is 0 Å². The maximum Gasteiger partial charge on any atom is 0.164 e. The molecule has 694 valence electrons. The molecule has 0 spiro atoms. The summed E-state index contributed by atoms with van der Waals surface area (Å²) in [6.45, 7) is 0. The molecule has 30 rings (SSSR count). The van der Waals surface area contributed by atoms with Gasteiger partial charge in [-0.3, -0.25) is 0 Å². The number of aromatic nitrogens is 9. The molecular formula is C137H83N9O3. The van der Waals surface area contributed by atoms with Crippen molar-refractivity contribution in [2.24, 2.45) is 0 Å². The first kappa shape index (κ1) is 86.7. The first-order chi connectivity index (χ1) is 73.7. The highest BCUT2D eigenvalue weighted by Gasteiger charge is 2.28. The van der Waals surface area contributed by atoms with Crippen molar-refractivity contribution in [2.75, 3.05) is 0 Å². The van der Waals surface area contributed by atoms with E-state index in [1.807, 2.05) is 24.3 Å². The zero-order valence-corrected chi connectivity index (χ0v) is 80.2. The molecule has 0 unspecified atom stereocenters. The lowest BCUT2D eigenvalue weighted by Crippen LogP contribution is -2.01. The van der Waals surface area contributed by atoms with Gasteiger partial charge in [0.1, 0.15) is 33.5 Å². The highest BCUT2D eigenvalue weighted by atomic mass is 16.3. The average molecular weight is 1900 g/mol. The fourth-order valence-electron chi connectivity index (χ4n) is 21.3. The van der Waals surface area contributed by atoms with Gasteiger partial charge >= 0.3 is 0 Å². The Morgan fingerprint density at radius 3 is 0.638 bits per heavy atom. The number of fused-ring (bicyclic) bond motifs is 17. The fourth-order valence-corrected chi connectivity index (χ4v) is 21.3. The van der Waals surface area contributed by atoms with Crippen LogP contribution >= 0.6 is 0 Å². The van der Waals surface area contributed by atoms with E-state index in [1.165, 1.54) is 10.8 Å². The maximum absolute atomic E-state index is 6.66. The van der Waals surface area contributed by atoms with Crippen molar-refractivity contribution in [3.8, 4) is 147 Å². The third kappa shape index (κ3) is 16.2. The number of hydrogen-bond acceptors (Lipinski definition) is 12. The smallest absolute Gasteiger partial charge is 0.164 e. The largest absolute Gasteiger partial charge is 0.456 e. The summed E-state index contributed by atoms with van der Waals surface area (Å²) < 4.78 is 20.0. The molecule has 24 aromatic carbocycles. The van der Waals surface area contributed by atoms with Gasteiger partial charge in [0, 0.05) is 82.4 Å². The Labute approximate surface area is 854 Å². The third-order valence-electron chi connectivity index (χ3n) is 28.6. The zero-order chi connectivity index (χ0) is 98.4. The molecule has 0 aliphatic rings. The molecule has 0 aliphatic carbocycles. The number of furan rings is 3. The third-order valence-corrected chi connectivity index (χ3v) is 28.6. The van der Waals surface area contributed by atoms with E-state index in [0.29, 0.717) is 52.4 Å². The van der Waals surface area contributed by atoms with Crippen molar-refractivity contribution in [2.45, 2.75) is 0 Å². The molecular weight excluding hydrogens is 1820 g/mol. The van der Waals surface area contributed by atoms with Crippen LogP contribution in [0.3, 0.4) is 0 Å². The lowest BCUT2D eigenvalue weighted by molar-refractivity contribution is 0.669. The Balaban J connectivity index is 0.000000108.